The number of para-hydroxylation sites is 1. The summed E-state index contributed by atoms with van der Waals surface area (Å²) in [5, 5.41) is 3.01. The van der Waals surface area contributed by atoms with Gasteiger partial charge in [-0.15, -0.1) is 0 Å². The molecule has 0 bridgehead atoms. The smallest absolute Gasteiger partial charge is 0.257 e. The molecule has 2 N–H and O–H groups in total. The number of hydrogen-bond acceptors (Lipinski definition) is 1. The van der Waals surface area contributed by atoms with E-state index in [0.717, 1.165) is 12.1 Å². The van der Waals surface area contributed by atoms with E-state index in [1.165, 1.54) is 5.56 Å². The van der Waals surface area contributed by atoms with Crippen molar-refractivity contribution < 1.29 is 4.79 Å². The lowest BCUT2D eigenvalue weighted by molar-refractivity contribution is 0.102. The van der Waals surface area contributed by atoms with E-state index in [2.05, 4.69) is 37.1 Å². The van der Waals surface area contributed by atoms with Crippen molar-refractivity contribution in [3.8, 4) is 0 Å². The van der Waals surface area contributed by atoms with Crippen LogP contribution < -0.4 is 5.32 Å². The van der Waals surface area contributed by atoms with Crippen molar-refractivity contribution in [2.45, 2.75) is 33.1 Å². The van der Waals surface area contributed by atoms with E-state index in [0.29, 0.717) is 17.4 Å². The molecule has 2 rings (SSSR count). The minimum Gasteiger partial charge on any atom is -0.367 e. The molecule has 0 aliphatic carbocycles. The normalized spacial score (nSPS) is 12.4. The minimum absolute atomic E-state index is 0.0737. The molecule has 1 heterocycles. The molecule has 106 valence electrons. The van der Waals surface area contributed by atoms with Gasteiger partial charge in [0.1, 0.15) is 0 Å². The number of anilines is 1. The highest BCUT2D eigenvalue weighted by Crippen LogP contribution is 2.29. The first-order valence-electron chi connectivity index (χ1n) is 7.11. The van der Waals surface area contributed by atoms with E-state index in [1.807, 2.05) is 18.2 Å². The van der Waals surface area contributed by atoms with Crippen molar-refractivity contribution in [2.24, 2.45) is 5.92 Å². The number of carbonyl (C=O) groups is 1. The molecule has 1 aromatic carbocycles. The molecule has 2 aromatic rings. The first-order chi connectivity index (χ1) is 9.58. The Morgan fingerprint density at radius 3 is 2.60 bits per heavy atom. The molecule has 0 radical (unpaired) electrons. The Labute approximate surface area is 120 Å². The van der Waals surface area contributed by atoms with Gasteiger partial charge in [0.05, 0.1) is 5.56 Å². The average molecular weight is 270 g/mol. The van der Waals surface area contributed by atoms with Crippen molar-refractivity contribution >= 4 is 11.6 Å². The molecular weight excluding hydrogens is 248 g/mol. The van der Waals surface area contributed by atoms with Gasteiger partial charge in [0.25, 0.3) is 5.91 Å². The second-order valence-electron chi connectivity index (χ2n) is 5.67. The fourth-order valence-electron chi connectivity index (χ4n) is 2.53. The molecule has 1 amide bonds. The molecular formula is C17H22N2O. The zero-order valence-electron chi connectivity index (χ0n) is 12.3. The maximum atomic E-state index is 12.1. The zero-order valence-corrected chi connectivity index (χ0v) is 12.3. The fraction of sp³-hybridized carbons (Fsp3) is 0.353. The summed E-state index contributed by atoms with van der Waals surface area (Å²) >= 11 is 0. The van der Waals surface area contributed by atoms with Gasteiger partial charge in [-0.3, -0.25) is 4.79 Å². The fourth-order valence-corrected chi connectivity index (χ4v) is 2.53. The van der Waals surface area contributed by atoms with E-state index in [4.69, 9.17) is 0 Å². The number of hydrogen-bond donors (Lipinski definition) is 2. The number of nitrogens with one attached hydrogen (secondary N) is 2. The van der Waals surface area contributed by atoms with Gasteiger partial charge in [0.2, 0.25) is 0 Å². The SMILES string of the molecule is CC(C)CC(C)c1ccccc1NC(=O)c1cc[nH]c1. The molecule has 0 spiro atoms. The summed E-state index contributed by atoms with van der Waals surface area (Å²) in [6, 6.07) is 9.82. The summed E-state index contributed by atoms with van der Waals surface area (Å²) in [6.45, 7) is 6.65. The van der Waals surface area contributed by atoms with Crippen LogP contribution in [0.15, 0.2) is 42.7 Å². The molecule has 1 aromatic heterocycles. The van der Waals surface area contributed by atoms with Crippen LogP contribution in [0.25, 0.3) is 0 Å². The highest BCUT2D eigenvalue weighted by molar-refractivity contribution is 6.04. The third-order valence-electron chi connectivity index (χ3n) is 3.43. The van der Waals surface area contributed by atoms with Gasteiger partial charge >= 0.3 is 0 Å². The van der Waals surface area contributed by atoms with Crippen molar-refractivity contribution in [1.82, 2.24) is 4.98 Å². The summed E-state index contributed by atoms with van der Waals surface area (Å²) in [4.78, 5) is 15.0. The monoisotopic (exact) mass is 270 g/mol. The molecule has 0 aliphatic rings. The maximum absolute atomic E-state index is 12.1. The third-order valence-corrected chi connectivity index (χ3v) is 3.43. The number of H-pyrrole nitrogens is 1. The summed E-state index contributed by atoms with van der Waals surface area (Å²) in [6.07, 6.45) is 4.56. The third kappa shape index (κ3) is 3.50. The lowest BCUT2D eigenvalue weighted by Crippen LogP contribution is -2.13. The molecule has 0 aliphatic heterocycles. The first kappa shape index (κ1) is 14.4. The van der Waals surface area contributed by atoms with Crippen LogP contribution in [0.3, 0.4) is 0 Å². The van der Waals surface area contributed by atoms with Crippen LogP contribution in [0.4, 0.5) is 5.69 Å². The Hall–Kier alpha value is -2.03. The molecule has 1 atom stereocenters. The van der Waals surface area contributed by atoms with Gasteiger partial charge in [-0.05, 0) is 36.0 Å². The van der Waals surface area contributed by atoms with Crippen molar-refractivity contribution in [3.05, 3.63) is 53.9 Å². The molecule has 20 heavy (non-hydrogen) atoms. The Bertz CT molecular complexity index is 558. The zero-order chi connectivity index (χ0) is 14.5. The Morgan fingerprint density at radius 1 is 1.20 bits per heavy atom. The second kappa shape index (κ2) is 6.42. The van der Waals surface area contributed by atoms with E-state index < -0.39 is 0 Å². The van der Waals surface area contributed by atoms with Gasteiger partial charge in [0, 0.05) is 18.1 Å². The van der Waals surface area contributed by atoms with Crippen molar-refractivity contribution in [3.63, 3.8) is 0 Å². The van der Waals surface area contributed by atoms with Crippen LogP contribution in [-0.2, 0) is 0 Å². The predicted octanol–water partition coefficient (Wildman–Crippen LogP) is 4.42. The predicted molar refractivity (Wildman–Crippen MR) is 83.1 cm³/mol. The number of amides is 1. The highest BCUT2D eigenvalue weighted by atomic mass is 16.1. The van der Waals surface area contributed by atoms with E-state index in [1.54, 1.807) is 18.5 Å². The Kier molecular flexibility index (Phi) is 4.61. The number of aromatic amines is 1. The van der Waals surface area contributed by atoms with Gasteiger partial charge in [0.15, 0.2) is 0 Å². The summed E-state index contributed by atoms with van der Waals surface area (Å²) in [7, 11) is 0. The van der Waals surface area contributed by atoms with E-state index in [-0.39, 0.29) is 5.91 Å². The highest BCUT2D eigenvalue weighted by Gasteiger charge is 2.14. The maximum Gasteiger partial charge on any atom is 0.257 e. The molecule has 0 saturated heterocycles. The van der Waals surface area contributed by atoms with Gasteiger partial charge < -0.3 is 10.3 Å². The standard InChI is InChI=1S/C17H22N2O/c1-12(2)10-13(3)15-6-4-5-7-16(15)19-17(20)14-8-9-18-11-14/h4-9,11-13,18H,10H2,1-3H3,(H,19,20). The van der Waals surface area contributed by atoms with Crippen LogP contribution in [0.1, 0.15) is 49.0 Å². The van der Waals surface area contributed by atoms with Crippen LogP contribution in [-0.4, -0.2) is 10.9 Å². The summed E-state index contributed by atoms with van der Waals surface area (Å²) in [5.41, 5.74) is 2.76. The lowest BCUT2D eigenvalue weighted by atomic mass is 9.91. The summed E-state index contributed by atoms with van der Waals surface area (Å²) in [5.74, 6) is 0.992. The average Bonchev–Trinajstić information content (AvgIpc) is 2.92. The number of aromatic nitrogens is 1. The minimum atomic E-state index is -0.0737. The summed E-state index contributed by atoms with van der Waals surface area (Å²) < 4.78 is 0. The first-order valence-corrected chi connectivity index (χ1v) is 7.11. The van der Waals surface area contributed by atoms with Crippen LogP contribution in [0.5, 0.6) is 0 Å². The van der Waals surface area contributed by atoms with Crippen LogP contribution in [0.2, 0.25) is 0 Å². The number of rotatable bonds is 5. The lowest BCUT2D eigenvalue weighted by Gasteiger charge is -2.18. The molecule has 0 fully saturated rings. The van der Waals surface area contributed by atoms with E-state index in [9.17, 15) is 4.79 Å². The Morgan fingerprint density at radius 2 is 1.95 bits per heavy atom. The van der Waals surface area contributed by atoms with Crippen molar-refractivity contribution in [1.29, 1.82) is 0 Å². The molecule has 3 nitrogen and oxygen atoms in total. The van der Waals surface area contributed by atoms with Gasteiger partial charge in [-0.25, -0.2) is 0 Å². The van der Waals surface area contributed by atoms with Crippen LogP contribution in [0, 0.1) is 5.92 Å². The molecule has 0 saturated carbocycles. The number of carbonyl (C=O) groups excluding carboxylic acids is 1. The number of benzene rings is 1. The largest absolute Gasteiger partial charge is 0.367 e. The van der Waals surface area contributed by atoms with Gasteiger partial charge in [-0.1, -0.05) is 39.0 Å². The Balaban J connectivity index is 2.17. The van der Waals surface area contributed by atoms with Crippen LogP contribution >= 0.6 is 0 Å². The second-order valence-corrected chi connectivity index (χ2v) is 5.67. The topological polar surface area (TPSA) is 44.9 Å². The van der Waals surface area contributed by atoms with Gasteiger partial charge in [-0.2, -0.15) is 0 Å². The molecule has 3 heteroatoms. The van der Waals surface area contributed by atoms with E-state index >= 15 is 0 Å². The van der Waals surface area contributed by atoms with Crippen molar-refractivity contribution in [2.75, 3.05) is 5.32 Å². The molecule has 1 unspecified atom stereocenters. The quantitative estimate of drug-likeness (QED) is 0.830.